The maximum Gasteiger partial charge on any atom is 0.415 e. The average molecular weight is 699 g/mol. The molecule has 5 rings (SSSR count). The molecule has 1 aliphatic rings. The summed E-state index contributed by atoms with van der Waals surface area (Å²) in [7, 11) is -3.96. The quantitative estimate of drug-likeness (QED) is 0.123. The summed E-state index contributed by atoms with van der Waals surface area (Å²) >= 11 is 0. The van der Waals surface area contributed by atoms with Crippen molar-refractivity contribution in [2.45, 2.75) is 55.2 Å². The minimum Gasteiger partial charge on any atom is -0.434 e. The Bertz CT molecular complexity index is 1930. The predicted octanol–water partition coefficient (Wildman–Crippen LogP) is 4.88. The summed E-state index contributed by atoms with van der Waals surface area (Å²) in [6.07, 6.45) is -2.83. The fourth-order valence-corrected chi connectivity index (χ4v) is 7.39. The van der Waals surface area contributed by atoms with Crippen molar-refractivity contribution in [2.24, 2.45) is 5.92 Å². The molecule has 0 aliphatic carbocycles. The Kier molecular flexibility index (Phi) is 11.2. The molecule has 0 radical (unpaired) electrons. The zero-order chi connectivity index (χ0) is 36.0. The molecule has 262 valence electrons. The molecule has 0 bridgehead atoms. The zero-order valence-electron chi connectivity index (χ0n) is 28.2. The van der Waals surface area contributed by atoms with Crippen molar-refractivity contribution in [3.8, 4) is 0 Å². The Labute approximate surface area is 292 Å². The molecule has 1 heterocycles. The maximum atomic E-state index is 13.9. The van der Waals surface area contributed by atoms with Gasteiger partial charge in [0.1, 0.15) is 0 Å². The van der Waals surface area contributed by atoms with Crippen LogP contribution < -0.4 is 20.9 Å². The number of anilines is 3. The van der Waals surface area contributed by atoms with Crippen molar-refractivity contribution in [3.05, 3.63) is 114 Å². The minimum absolute atomic E-state index is 0.0152. The Hall–Kier alpha value is -5.20. The molecule has 50 heavy (non-hydrogen) atoms. The van der Waals surface area contributed by atoms with Gasteiger partial charge >= 0.3 is 6.09 Å². The largest absolute Gasteiger partial charge is 0.434 e. The van der Waals surface area contributed by atoms with Crippen LogP contribution in [0, 0.1) is 5.92 Å². The van der Waals surface area contributed by atoms with E-state index in [4.69, 9.17) is 10.5 Å². The number of nitrogens with two attached hydrogens (primary N) is 1. The molecule has 2 amide bonds. The number of para-hydroxylation sites is 1. The molecule has 1 fully saturated rings. The number of hydrogen-bond acceptors (Lipinski definition) is 9. The molecular formula is C38H42N4O7S. The monoisotopic (exact) mass is 698 g/mol. The van der Waals surface area contributed by atoms with Crippen molar-refractivity contribution in [1.29, 1.82) is 0 Å². The van der Waals surface area contributed by atoms with Crippen LogP contribution in [0.5, 0.6) is 0 Å². The topological polar surface area (TPSA) is 159 Å². The highest BCUT2D eigenvalue weighted by molar-refractivity contribution is 7.91. The van der Waals surface area contributed by atoms with Crippen LogP contribution in [0.2, 0.25) is 0 Å². The highest BCUT2D eigenvalue weighted by Gasteiger charge is 2.39. The van der Waals surface area contributed by atoms with E-state index in [2.05, 4.69) is 5.32 Å². The van der Waals surface area contributed by atoms with Crippen molar-refractivity contribution in [1.82, 2.24) is 5.32 Å². The smallest absolute Gasteiger partial charge is 0.415 e. The van der Waals surface area contributed by atoms with Crippen molar-refractivity contribution in [3.63, 3.8) is 0 Å². The molecule has 4 aromatic rings. The third kappa shape index (κ3) is 8.50. The Balaban J connectivity index is 1.41. The van der Waals surface area contributed by atoms with Crippen LogP contribution in [0.3, 0.4) is 0 Å². The van der Waals surface area contributed by atoms with Gasteiger partial charge in [-0.05, 0) is 73.4 Å². The summed E-state index contributed by atoms with van der Waals surface area (Å²) in [5.41, 5.74) is 8.36. The van der Waals surface area contributed by atoms with Gasteiger partial charge in [0.05, 0.1) is 34.2 Å². The minimum atomic E-state index is -3.96. The molecule has 11 nitrogen and oxygen atoms in total. The third-order valence-electron chi connectivity index (χ3n) is 8.44. The Morgan fingerprint density at radius 1 is 0.960 bits per heavy atom. The van der Waals surface area contributed by atoms with Crippen LogP contribution >= 0.6 is 0 Å². The van der Waals surface area contributed by atoms with Crippen LogP contribution in [0.25, 0.3) is 0 Å². The predicted molar refractivity (Wildman–Crippen MR) is 192 cm³/mol. The van der Waals surface area contributed by atoms with Gasteiger partial charge in [-0.3, -0.25) is 14.5 Å². The molecule has 1 saturated heterocycles. The third-order valence-corrected chi connectivity index (χ3v) is 10.3. The molecular weight excluding hydrogens is 657 g/mol. The fraction of sp³-hybridized carbons (Fsp3) is 0.289. The summed E-state index contributed by atoms with van der Waals surface area (Å²) in [5.74, 6) is -0.671. The number of ether oxygens (including phenoxy) is 1. The molecule has 4 N–H and O–H groups in total. The number of nitrogen functional groups attached to an aromatic ring is 1. The van der Waals surface area contributed by atoms with Crippen LogP contribution in [0.15, 0.2) is 113 Å². The fourth-order valence-electron chi connectivity index (χ4n) is 5.91. The van der Waals surface area contributed by atoms with Gasteiger partial charge in [0, 0.05) is 30.0 Å². The van der Waals surface area contributed by atoms with Crippen molar-refractivity contribution >= 4 is 44.7 Å². The van der Waals surface area contributed by atoms with Crippen LogP contribution in [0.4, 0.5) is 21.9 Å². The normalized spacial score (nSPS) is 15.7. The highest BCUT2D eigenvalue weighted by atomic mass is 32.2. The summed E-state index contributed by atoms with van der Waals surface area (Å²) in [6, 6.07) is 27.7. The maximum absolute atomic E-state index is 13.9. The van der Waals surface area contributed by atoms with Gasteiger partial charge < -0.3 is 25.8 Å². The van der Waals surface area contributed by atoms with E-state index < -0.39 is 40.1 Å². The first kappa shape index (κ1) is 36.1. The van der Waals surface area contributed by atoms with Crippen LogP contribution in [-0.2, 0) is 25.8 Å². The second-order valence-electron chi connectivity index (χ2n) is 12.8. The molecule has 0 spiro atoms. The lowest BCUT2D eigenvalue weighted by atomic mass is 9.99. The van der Waals surface area contributed by atoms with Crippen LogP contribution in [0.1, 0.15) is 36.7 Å². The summed E-state index contributed by atoms with van der Waals surface area (Å²) in [6.45, 7) is 5.72. The lowest BCUT2D eigenvalue weighted by Gasteiger charge is -2.34. The second kappa shape index (κ2) is 15.6. The number of hydrogen-bond donors (Lipinski definition) is 3. The van der Waals surface area contributed by atoms with Crippen molar-refractivity contribution < 1.29 is 32.6 Å². The number of amides is 2. The summed E-state index contributed by atoms with van der Waals surface area (Å²) in [5, 5.41) is 14.8. The van der Waals surface area contributed by atoms with E-state index in [0.717, 1.165) is 5.56 Å². The molecule has 0 aromatic heterocycles. The number of aliphatic hydroxyl groups is 1. The number of carbonyl (C=O) groups is 3. The van der Waals surface area contributed by atoms with E-state index in [1.54, 1.807) is 42.5 Å². The number of aliphatic hydroxyl groups excluding tert-OH is 1. The molecule has 1 aliphatic heterocycles. The summed E-state index contributed by atoms with van der Waals surface area (Å²) in [4.78, 5) is 41.7. The standard InChI is InChI=1S/C38H42N4O7S/c1-25(2)22-41(33-14-7-8-15-36(33)50(47,48)31-18-16-29(39)17-19-31)23-34(44)32(20-27-10-5-4-6-11-27)40-37(45)35-24-42(38(46)49-35)30-13-9-12-28(21-30)26(3)43/h4-19,21,25,32,34-35,44H,20,22-24,39H2,1-3H3,(H,40,45)/t32-,34+,35-/m0/s1. The van der Waals surface area contributed by atoms with Gasteiger partial charge in [-0.2, -0.15) is 0 Å². The van der Waals surface area contributed by atoms with Crippen molar-refractivity contribution in [2.75, 3.05) is 35.2 Å². The van der Waals surface area contributed by atoms with E-state index in [1.165, 1.54) is 42.2 Å². The number of benzene rings is 4. The van der Waals surface area contributed by atoms with E-state index in [1.807, 2.05) is 49.1 Å². The summed E-state index contributed by atoms with van der Waals surface area (Å²) < 4.78 is 33.2. The van der Waals surface area contributed by atoms with E-state index >= 15 is 0 Å². The first-order valence-electron chi connectivity index (χ1n) is 16.4. The number of carbonyl (C=O) groups excluding carboxylic acids is 3. The Morgan fingerprint density at radius 3 is 2.32 bits per heavy atom. The zero-order valence-corrected chi connectivity index (χ0v) is 29.0. The molecule has 12 heteroatoms. The lowest BCUT2D eigenvalue weighted by Crippen LogP contribution is -2.53. The number of nitrogens with zero attached hydrogens (tertiary/aromatic N) is 2. The highest BCUT2D eigenvalue weighted by Crippen LogP contribution is 2.32. The van der Waals surface area contributed by atoms with Gasteiger partial charge in [0.15, 0.2) is 11.9 Å². The van der Waals surface area contributed by atoms with E-state index in [-0.39, 0.29) is 41.0 Å². The van der Waals surface area contributed by atoms with Gasteiger partial charge in [0.25, 0.3) is 5.91 Å². The van der Waals surface area contributed by atoms with Gasteiger partial charge in [-0.1, -0.05) is 68.4 Å². The van der Waals surface area contributed by atoms with Gasteiger partial charge in [-0.15, -0.1) is 0 Å². The number of ketones is 1. The van der Waals surface area contributed by atoms with Crippen LogP contribution in [-0.4, -0.2) is 69.2 Å². The van der Waals surface area contributed by atoms with E-state index in [0.29, 0.717) is 29.2 Å². The lowest BCUT2D eigenvalue weighted by molar-refractivity contribution is -0.129. The second-order valence-corrected chi connectivity index (χ2v) is 14.7. The average Bonchev–Trinajstić information content (AvgIpc) is 3.49. The molecule has 0 unspecified atom stereocenters. The SMILES string of the molecule is CC(=O)c1cccc(N2C[C@@H](C(=O)N[C@@H](Cc3ccccc3)[C@H](O)CN(CC(C)C)c3ccccc3S(=O)(=O)c3ccc(N)cc3)OC2=O)c1. The number of nitrogens with one attached hydrogen (secondary N) is 1. The number of Topliss-reactive ketones (excluding diaryl/α,β-unsaturated/α-hetero) is 1. The number of cyclic esters (lactones) is 1. The Morgan fingerprint density at radius 2 is 1.64 bits per heavy atom. The molecule has 4 aromatic carbocycles. The first-order chi connectivity index (χ1) is 23.8. The molecule has 3 atom stereocenters. The number of sulfone groups is 1. The first-order valence-corrected chi connectivity index (χ1v) is 17.9. The van der Waals surface area contributed by atoms with Gasteiger partial charge in [0.2, 0.25) is 9.84 Å². The molecule has 0 saturated carbocycles. The van der Waals surface area contributed by atoms with E-state index in [9.17, 15) is 27.9 Å². The van der Waals surface area contributed by atoms with Gasteiger partial charge in [-0.25, -0.2) is 13.2 Å². The number of rotatable bonds is 14.